The fourth-order valence-electron chi connectivity index (χ4n) is 0.967. The van der Waals surface area contributed by atoms with E-state index in [4.69, 9.17) is 0 Å². The first kappa shape index (κ1) is 6.13. The molecule has 0 fully saturated rings. The third kappa shape index (κ3) is 0.914. The standard InChI is InChI=1S/C8H7N3/c1-7-6-10-8-9-4-2-3-5-11(7)8/h2-3,5-6H,1H3. The molecule has 0 N–H and O–H groups in total. The topological polar surface area (TPSA) is 30.2 Å². The van der Waals surface area contributed by atoms with E-state index in [1.54, 1.807) is 12.3 Å². The molecule has 3 heteroatoms. The zero-order valence-electron chi connectivity index (χ0n) is 6.15. The maximum atomic E-state index is 4.08. The van der Waals surface area contributed by atoms with Crippen LogP contribution in [0.15, 0.2) is 23.3 Å². The second-order valence-corrected chi connectivity index (χ2v) is 2.32. The van der Waals surface area contributed by atoms with Crippen LogP contribution in [0.2, 0.25) is 0 Å². The summed E-state index contributed by atoms with van der Waals surface area (Å²) in [6.45, 7) is 1.99. The van der Waals surface area contributed by atoms with Crippen LogP contribution in [0, 0.1) is 6.92 Å². The smallest absolute Gasteiger partial charge is 0.242 e. The van der Waals surface area contributed by atoms with Crippen LogP contribution >= 0.6 is 0 Å². The molecule has 3 nitrogen and oxygen atoms in total. The third-order valence-corrected chi connectivity index (χ3v) is 1.53. The van der Waals surface area contributed by atoms with Crippen molar-refractivity contribution in [3.05, 3.63) is 24.0 Å². The molecular formula is C8H7N3. The number of hydrogen-bond acceptors (Lipinski definition) is 2. The van der Waals surface area contributed by atoms with Crippen molar-refractivity contribution >= 4 is 18.0 Å². The van der Waals surface area contributed by atoms with E-state index in [9.17, 15) is 0 Å². The van der Waals surface area contributed by atoms with Gasteiger partial charge in [0.15, 0.2) is 0 Å². The Morgan fingerprint density at radius 3 is 3.36 bits per heavy atom. The van der Waals surface area contributed by atoms with Crippen molar-refractivity contribution in [2.45, 2.75) is 6.92 Å². The number of aryl methyl sites for hydroxylation is 1. The van der Waals surface area contributed by atoms with Crippen molar-refractivity contribution in [2.75, 3.05) is 0 Å². The number of hydrogen-bond donors (Lipinski definition) is 0. The normalized spacial score (nSPS) is 13.2. The lowest BCUT2D eigenvalue weighted by Gasteiger charge is -1.95. The lowest BCUT2D eigenvalue weighted by atomic mass is 10.5. The number of fused-ring (bicyclic) bond motifs is 1. The zero-order chi connectivity index (χ0) is 7.68. The molecule has 0 aromatic carbocycles. The van der Waals surface area contributed by atoms with Crippen molar-refractivity contribution < 1.29 is 0 Å². The Morgan fingerprint density at radius 1 is 1.55 bits per heavy atom. The number of aliphatic imine (C=N–C) groups is 1. The highest BCUT2D eigenvalue weighted by Gasteiger charge is 2.01. The maximum Gasteiger partial charge on any atom is 0.242 e. The summed E-state index contributed by atoms with van der Waals surface area (Å²) in [5.74, 6) is 3.43. The number of imidazole rings is 1. The molecule has 2 heterocycles. The molecule has 1 aromatic heterocycles. The molecule has 0 spiro atoms. The SMILES string of the molecule is Cc1cnc2n1C=CC=C=N2. The van der Waals surface area contributed by atoms with Crippen molar-refractivity contribution in [1.82, 2.24) is 9.55 Å². The lowest BCUT2D eigenvalue weighted by Crippen LogP contribution is -1.86. The molecule has 0 bridgehead atoms. The van der Waals surface area contributed by atoms with Gasteiger partial charge < -0.3 is 0 Å². The fourth-order valence-corrected chi connectivity index (χ4v) is 0.967. The Kier molecular flexibility index (Phi) is 1.24. The second-order valence-electron chi connectivity index (χ2n) is 2.32. The van der Waals surface area contributed by atoms with Gasteiger partial charge in [0, 0.05) is 18.0 Å². The van der Waals surface area contributed by atoms with Gasteiger partial charge >= 0.3 is 0 Å². The number of allylic oxidation sites excluding steroid dienone is 2. The summed E-state index contributed by atoms with van der Waals surface area (Å²) in [6, 6.07) is 0. The summed E-state index contributed by atoms with van der Waals surface area (Å²) in [4.78, 5) is 8.07. The van der Waals surface area contributed by atoms with Crippen LogP contribution in [0.25, 0.3) is 6.20 Å². The Morgan fingerprint density at radius 2 is 2.45 bits per heavy atom. The molecule has 1 aliphatic heterocycles. The van der Waals surface area contributed by atoms with Crippen LogP contribution in [0.1, 0.15) is 5.69 Å². The van der Waals surface area contributed by atoms with E-state index in [0.29, 0.717) is 5.95 Å². The van der Waals surface area contributed by atoms with Crippen LogP contribution in [0.5, 0.6) is 0 Å². The van der Waals surface area contributed by atoms with Crippen LogP contribution < -0.4 is 0 Å². The first-order chi connectivity index (χ1) is 5.38. The Hall–Kier alpha value is -1.60. The van der Waals surface area contributed by atoms with Gasteiger partial charge in [-0.25, -0.2) is 4.98 Å². The van der Waals surface area contributed by atoms with Crippen molar-refractivity contribution in [3.8, 4) is 0 Å². The number of nitrogens with zero attached hydrogens (tertiary/aromatic N) is 3. The minimum atomic E-state index is 0.688. The molecule has 2 rings (SSSR count). The lowest BCUT2D eigenvalue weighted by molar-refractivity contribution is 1.07. The second kappa shape index (κ2) is 2.22. The molecule has 0 atom stereocenters. The van der Waals surface area contributed by atoms with Crippen molar-refractivity contribution in [1.29, 1.82) is 0 Å². The van der Waals surface area contributed by atoms with Crippen LogP contribution in [-0.2, 0) is 0 Å². The minimum absolute atomic E-state index is 0.688. The van der Waals surface area contributed by atoms with Crippen molar-refractivity contribution in [2.24, 2.45) is 4.99 Å². The highest BCUT2D eigenvalue weighted by atomic mass is 15.2. The predicted molar refractivity (Wildman–Crippen MR) is 44.0 cm³/mol. The molecule has 11 heavy (non-hydrogen) atoms. The summed E-state index contributed by atoms with van der Waals surface area (Å²) in [5.41, 5.74) is 1.08. The minimum Gasteiger partial charge on any atom is -0.288 e. The van der Waals surface area contributed by atoms with E-state index >= 15 is 0 Å². The highest BCUT2D eigenvalue weighted by Crippen LogP contribution is 2.13. The van der Waals surface area contributed by atoms with Gasteiger partial charge in [0.2, 0.25) is 5.95 Å². The average Bonchev–Trinajstić information content (AvgIpc) is 2.25. The van der Waals surface area contributed by atoms with Crippen molar-refractivity contribution in [3.63, 3.8) is 0 Å². The van der Waals surface area contributed by atoms with Gasteiger partial charge in [0.25, 0.3) is 0 Å². The molecule has 1 aliphatic rings. The molecule has 54 valence electrons. The monoisotopic (exact) mass is 145 g/mol. The van der Waals surface area contributed by atoms with E-state index < -0.39 is 0 Å². The summed E-state index contributed by atoms with van der Waals surface area (Å²) < 4.78 is 1.91. The van der Waals surface area contributed by atoms with E-state index in [1.807, 2.05) is 23.8 Å². The van der Waals surface area contributed by atoms with E-state index in [1.165, 1.54) is 0 Å². The molecule has 0 saturated heterocycles. The van der Waals surface area contributed by atoms with Gasteiger partial charge in [-0.2, -0.15) is 4.99 Å². The molecular weight excluding hydrogens is 138 g/mol. The largest absolute Gasteiger partial charge is 0.288 e. The van der Waals surface area contributed by atoms with E-state index in [-0.39, 0.29) is 0 Å². The zero-order valence-corrected chi connectivity index (χ0v) is 6.15. The highest BCUT2D eigenvalue weighted by molar-refractivity contribution is 5.63. The summed E-state index contributed by atoms with van der Waals surface area (Å²) in [6.07, 6.45) is 7.35. The van der Waals surface area contributed by atoms with Crippen LogP contribution in [0.4, 0.5) is 5.95 Å². The number of rotatable bonds is 0. The first-order valence-electron chi connectivity index (χ1n) is 3.38. The average molecular weight is 145 g/mol. The molecule has 0 aliphatic carbocycles. The number of aromatic nitrogens is 2. The Bertz CT molecular complexity index is 365. The van der Waals surface area contributed by atoms with Gasteiger partial charge in [-0.05, 0) is 18.9 Å². The summed E-state index contributed by atoms with van der Waals surface area (Å²) in [7, 11) is 0. The maximum absolute atomic E-state index is 4.08. The molecule has 1 aromatic rings. The van der Waals surface area contributed by atoms with Gasteiger partial charge in [0.1, 0.15) is 0 Å². The van der Waals surface area contributed by atoms with Gasteiger partial charge in [-0.1, -0.05) is 0 Å². The molecule has 0 amide bonds. The van der Waals surface area contributed by atoms with E-state index in [0.717, 1.165) is 5.69 Å². The molecule has 0 unspecified atom stereocenters. The summed E-state index contributed by atoms with van der Waals surface area (Å²) in [5, 5.41) is 0. The van der Waals surface area contributed by atoms with Crippen LogP contribution in [-0.4, -0.2) is 15.4 Å². The Labute approximate surface area is 64.4 Å². The van der Waals surface area contributed by atoms with Gasteiger partial charge in [-0.3, -0.25) is 4.57 Å². The third-order valence-electron chi connectivity index (χ3n) is 1.53. The molecule has 0 saturated carbocycles. The van der Waals surface area contributed by atoms with Gasteiger partial charge in [-0.15, -0.1) is 0 Å². The van der Waals surface area contributed by atoms with E-state index in [2.05, 4.69) is 15.8 Å². The predicted octanol–water partition coefficient (Wildman–Crippen LogP) is 1.53. The first-order valence-corrected chi connectivity index (χ1v) is 3.38. The van der Waals surface area contributed by atoms with Crippen LogP contribution in [0.3, 0.4) is 0 Å². The Balaban J connectivity index is 2.69. The summed E-state index contributed by atoms with van der Waals surface area (Å²) >= 11 is 0. The van der Waals surface area contributed by atoms with Gasteiger partial charge in [0.05, 0.1) is 6.20 Å². The fraction of sp³-hybridized carbons (Fsp3) is 0.125. The quantitative estimate of drug-likeness (QED) is 0.544. The molecule has 0 radical (unpaired) electrons.